The highest BCUT2D eigenvalue weighted by Crippen LogP contribution is 2.01. The van der Waals surface area contributed by atoms with Gasteiger partial charge in [0.05, 0.1) is 39.6 Å². The van der Waals surface area contributed by atoms with E-state index in [1.165, 1.54) is 0 Å². The molecule has 0 saturated heterocycles. The Balaban J connectivity index is 1.96. The van der Waals surface area contributed by atoms with Crippen LogP contribution in [0.2, 0.25) is 0 Å². The van der Waals surface area contributed by atoms with Crippen molar-refractivity contribution in [1.82, 2.24) is 0 Å². The lowest BCUT2D eigenvalue weighted by molar-refractivity contribution is -0.139. The number of benzene rings is 1. The van der Waals surface area contributed by atoms with Gasteiger partial charge in [0.15, 0.2) is 0 Å². The Morgan fingerprint density at radius 3 is 1.87 bits per heavy atom. The van der Waals surface area contributed by atoms with Gasteiger partial charge in [-0.15, -0.1) is 0 Å². The fraction of sp³-hybridized carbons (Fsp3) is 0.500. The Kier molecular flexibility index (Phi) is 10.6. The molecule has 0 aliphatic heterocycles. The summed E-state index contributed by atoms with van der Waals surface area (Å²) < 4.78 is 31.8. The summed E-state index contributed by atoms with van der Waals surface area (Å²) in [6.45, 7) is 1.13. The minimum absolute atomic E-state index is 0.00296. The van der Waals surface area contributed by atoms with Crippen LogP contribution < -0.4 is 0 Å². The average Bonchev–Trinajstić information content (AvgIpc) is 2.59. The van der Waals surface area contributed by atoms with Crippen LogP contribution in [0.1, 0.15) is 10.4 Å². The average molecular weight is 328 g/mol. The highest BCUT2D eigenvalue weighted by atomic mass is 19.1. The van der Waals surface area contributed by atoms with Crippen LogP contribution in [0.5, 0.6) is 0 Å². The van der Waals surface area contributed by atoms with Crippen LogP contribution in [-0.2, 0) is 23.7 Å². The minimum Gasteiger partial charge on any atom is -0.457 e. The van der Waals surface area contributed by atoms with Gasteiger partial charge in [-0.25, -0.2) is 9.18 Å². The second-order valence-electron chi connectivity index (χ2n) is 4.36. The van der Waals surface area contributed by atoms with Gasteiger partial charge in [0.2, 0.25) is 0 Å². The molecule has 6 nitrogen and oxygen atoms in total. The first kappa shape index (κ1) is 19.2. The summed E-state index contributed by atoms with van der Waals surface area (Å²) >= 11 is 0. The molecule has 0 atom stereocenters. The van der Waals surface area contributed by atoms with Crippen molar-refractivity contribution in [2.24, 2.45) is 0 Å². The Hall–Kier alpha value is -1.83. The van der Waals surface area contributed by atoms with Gasteiger partial charge in [-0.3, -0.25) is 4.79 Å². The van der Waals surface area contributed by atoms with E-state index >= 15 is 0 Å². The van der Waals surface area contributed by atoms with Crippen molar-refractivity contribution in [1.29, 1.82) is 0 Å². The summed E-state index contributed by atoms with van der Waals surface area (Å²) in [7, 11) is 0. The van der Waals surface area contributed by atoms with Gasteiger partial charge in [0.25, 0.3) is 5.78 Å². The predicted octanol–water partition coefficient (Wildman–Crippen LogP) is 1.43. The predicted molar refractivity (Wildman–Crippen MR) is 80.2 cm³/mol. The maximum Gasteiger partial charge on any atom is 0.379 e. The minimum atomic E-state index is -0.902. The van der Waals surface area contributed by atoms with Gasteiger partial charge in [0, 0.05) is 5.56 Å². The first-order chi connectivity index (χ1) is 11.3. The zero-order valence-corrected chi connectivity index (χ0v) is 12.9. The zero-order valence-electron chi connectivity index (χ0n) is 12.9. The van der Waals surface area contributed by atoms with Crippen molar-refractivity contribution in [2.75, 3.05) is 52.9 Å². The normalized spacial score (nSPS) is 10.5. The van der Waals surface area contributed by atoms with Crippen molar-refractivity contribution in [3.63, 3.8) is 0 Å². The second-order valence-corrected chi connectivity index (χ2v) is 4.36. The summed E-state index contributed by atoms with van der Waals surface area (Å²) in [5.74, 6) is -1.58. The standard InChI is InChI=1S/C16H21FO6/c17-6-7-20-8-9-21-10-11-22-12-13-23-16(19)15(18)14-4-2-1-3-5-14/h1-5H,6-13H2. The third-order valence-electron chi connectivity index (χ3n) is 2.65. The number of carbonyl (C=O) groups excluding carboxylic acids is 2. The molecule has 0 spiro atoms. The van der Waals surface area contributed by atoms with E-state index in [2.05, 4.69) is 0 Å². The van der Waals surface area contributed by atoms with Crippen LogP contribution in [0.3, 0.4) is 0 Å². The smallest absolute Gasteiger partial charge is 0.379 e. The molecule has 7 heteroatoms. The van der Waals surface area contributed by atoms with Gasteiger partial charge in [-0.05, 0) is 0 Å². The fourth-order valence-electron chi connectivity index (χ4n) is 1.56. The zero-order chi connectivity index (χ0) is 16.8. The molecule has 0 bridgehead atoms. The Labute approximate surface area is 134 Å². The number of rotatable bonds is 13. The summed E-state index contributed by atoms with van der Waals surface area (Å²) in [5, 5.41) is 0. The van der Waals surface area contributed by atoms with Crippen molar-refractivity contribution in [3.8, 4) is 0 Å². The van der Waals surface area contributed by atoms with Crippen LogP contribution in [0, 0.1) is 0 Å². The van der Waals surface area contributed by atoms with Crippen molar-refractivity contribution in [2.45, 2.75) is 0 Å². The maximum atomic E-state index is 11.7. The summed E-state index contributed by atoms with van der Waals surface area (Å²) in [5.41, 5.74) is 0.293. The molecule has 0 N–H and O–H groups in total. The highest BCUT2D eigenvalue weighted by Gasteiger charge is 2.16. The number of ketones is 1. The third kappa shape index (κ3) is 9.02. The number of hydrogen-bond acceptors (Lipinski definition) is 6. The van der Waals surface area contributed by atoms with Gasteiger partial charge in [-0.1, -0.05) is 30.3 Å². The van der Waals surface area contributed by atoms with Gasteiger partial charge < -0.3 is 18.9 Å². The summed E-state index contributed by atoms with van der Waals surface area (Å²) in [6, 6.07) is 8.20. The topological polar surface area (TPSA) is 71.1 Å². The molecule has 1 aromatic rings. The van der Waals surface area contributed by atoms with E-state index in [1.54, 1.807) is 30.3 Å². The Morgan fingerprint density at radius 1 is 0.783 bits per heavy atom. The molecule has 0 amide bonds. The quantitative estimate of drug-likeness (QED) is 0.236. The van der Waals surface area contributed by atoms with Crippen LogP contribution >= 0.6 is 0 Å². The first-order valence-electron chi connectivity index (χ1n) is 7.31. The number of alkyl halides is 1. The Morgan fingerprint density at radius 2 is 1.30 bits per heavy atom. The lowest BCUT2D eigenvalue weighted by atomic mass is 10.1. The highest BCUT2D eigenvalue weighted by molar-refractivity contribution is 6.40. The van der Waals surface area contributed by atoms with E-state index in [0.717, 1.165) is 0 Å². The molecule has 0 aromatic heterocycles. The lowest BCUT2D eigenvalue weighted by Gasteiger charge is -2.07. The molecule has 23 heavy (non-hydrogen) atoms. The van der Waals surface area contributed by atoms with E-state index in [9.17, 15) is 14.0 Å². The van der Waals surface area contributed by atoms with Gasteiger partial charge in [0.1, 0.15) is 13.3 Å². The SMILES string of the molecule is O=C(OCCOCCOCCOCCF)C(=O)c1ccccc1. The van der Waals surface area contributed by atoms with Crippen LogP contribution in [0.25, 0.3) is 0 Å². The van der Waals surface area contributed by atoms with Crippen LogP contribution in [-0.4, -0.2) is 64.7 Å². The third-order valence-corrected chi connectivity index (χ3v) is 2.65. The van der Waals surface area contributed by atoms with E-state index in [1.807, 2.05) is 0 Å². The molecule has 0 aliphatic carbocycles. The van der Waals surface area contributed by atoms with Gasteiger partial charge in [-0.2, -0.15) is 0 Å². The molecule has 0 saturated carbocycles. The molecule has 0 unspecified atom stereocenters. The summed E-state index contributed by atoms with van der Waals surface area (Å²) in [4.78, 5) is 23.2. The number of halogens is 1. The van der Waals surface area contributed by atoms with Crippen LogP contribution in [0.4, 0.5) is 4.39 Å². The molecule has 1 aromatic carbocycles. The maximum absolute atomic E-state index is 11.7. The molecule has 0 fully saturated rings. The van der Waals surface area contributed by atoms with E-state index in [0.29, 0.717) is 32.0 Å². The van der Waals surface area contributed by atoms with Crippen molar-refractivity contribution in [3.05, 3.63) is 35.9 Å². The number of hydrogen-bond donors (Lipinski definition) is 0. The number of carbonyl (C=O) groups is 2. The molecule has 0 heterocycles. The lowest BCUT2D eigenvalue weighted by Crippen LogP contribution is -2.20. The molecule has 128 valence electrons. The van der Waals surface area contributed by atoms with Crippen molar-refractivity contribution < 1.29 is 32.9 Å². The van der Waals surface area contributed by atoms with Crippen molar-refractivity contribution >= 4 is 11.8 Å². The molecule has 0 aliphatic rings. The summed E-state index contributed by atoms with van der Waals surface area (Å²) in [6.07, 6.45) is 0. The van der Waals surface area contributed by atoms with Gasteiger partial charge >= 0.3 is 5.97 Å². The molecule has 0 radical (unpaired) electrons. The van der Waals surface area contributed by atoms with E-state index in [-0.39, 0.29) is 19.8 Å². The number of esters is 1. The van der Waals surface area contributed by atoms with Crippen LogP contribution in [0.15, 0.2) is 30.3 Å². The second kappa shape index (κ2) is 12.7. The number of ether oxygens (including phenoxy) is 4. The Bertz CT molecular complexity index is 451. The first-order valence-corrected chi connectivity index (χ1v) is 7.31. The largest absolute Gasteiger partial charge is 0.457 e. The number of Topliss-reactive ketones (excluding diaryl/α,β-unsaturated/α-hetero) is 1. The monoisotopic (exact) mass is 328 g/mol. The van der Waals surface area contributed by atoms with E-state index < -0.39 is 18.4 Å². The molecule has 1 rings (SSSR count). The fourth-order valence-corrected chi connectivity index (χ4v) is 1.56. The molecular formula is C16H21FO6. The van der Waals surface area contributed by atoms with E-state index in [4.69, 9.17) is 18.9 Å². The molecular weight excluding hydrogens is 307 g/mol.